The third kappa shape index (κ3) is 1.29. The molecule has 0 saturated carbocycles. The standard InChI is InChI=1S/C9H13N3O2/c1-6-8(9(13)14-2)7-5-10-3-4-12(7)11-6/h10H,3-5H2,1-2H3. The summed E-state index contributed by atoms with van der Waals surface area (Å²) in [5.41, 5.74) is 2.29. The maximum atomic E-state index is 11.5. The van der Waals surface area contributed by atoms with E-state index in [4.69, 9.17) is 4.74 Å². The van der Waals surface area contributed by atoms with E-state index in [1.807, 2.05) is 11.6 Å². The molecule has 5 heteroatoms. The minimum Gasteiger partial charge on any atom is -0.465 e. The molecule has 1 aromatic rings. The van der Waals surface area contributed by atoms with Crippen LogP contribution < -0.4 is 5.32 Å². The van der Waals surface area contributed by atoms with Crippen molar-refractivity contribution >= 4 is 5.97 Å². The van der Waals surface area contributed by atoms with Crippen LogP contribution in [0, 0.1) is 6.92 Å². The van der Waals surface area contributed by atoms with Crippen LogP contribution in [0.5, 0.6) is 0 Å². The molecule has 0 bridgehead atoms. The Morgan fingerprint density at radius 3 is 3.14 bits per heavy atom. The van der Waals surface area contributed by atoms with Gasteiger partial charge in [0.25, 0.3) is 0 Å². The van der Waals surface area contributed by atoms with Crippen molar-refractivity contribution in [2.45, 2.75) is 20.0 Å². The highest BCUT2D eigenvalue weighted by Crippen LogP contribution is 2.16. The third-order valence-electron chi connectivity index (χ3n) is 2.42. The Hall–Kier alpha value is -1.36. The number of hydrogen-bond donors (Lipinski definition) is 1. The number of rotatable bonds is 1. The minimum absolute atomic E-state index is 0.299. The van der Waals surface area contributed by atoms with Crippen LogP contribution in [-0.4, -0.2) is 29.4 Å². The third-order valence-corrected chi connectivity index (χ3v) is 2.42. The van der Waals surface area contributed by atoms with Gasteiger partial charge in [0.2, 0.25) is 0 Å². The summed E-state index contributed by atoms with van der Waals surface area (Å²) in [6, 6.07) is 0. The van der Waals surface area contributed by atoms with Crippen LogP contribution in [0.25, 0.3) is 0 Å². The number of fused-ring (bicyclic) bond motifs is 1. The van der Waals surface area contributed by atoms with Crippen molar-refractivity contribution in [1.29, 1.82) is 0 Å². The summed E-state index contributed by atoms with van der Waals surface area (Å²) in [6.45, 7) is 4.23. The van der Waals surface area contributed by atoms with Crippen LogP contribution in [0.3, 0.4) is 0 Å². The molecule has 0 amide bonds. The Kier molecular flexibility index (Phi) is 2.25. The average molecular weight is 195 g/mol. The fourth-order valence-electron chi connectivity index (χ4n) is 1.75. The first-order valence-electron chi connectivity index (χ1n) is 4.59. The normalized spacial score (nSPS) is 15.0. The van der Waals surface area contributed by atoms with Gasteiger partial charge in [-0.25, -0.2) is 4.79 Å². The molecule has 0 aliphatic carbocycles. The van der Waals surface area contributed by atoms with Gasteiger partial charge in [-0.3, -0.25) is 4.68 Å². The van der Waals surface area contributed by atoms with Gasteiger partial charge in [-0.15, -0.1) is 0 Å². The van der Waals surface area contributed by atoms with Crippen molar-refractivity contribution in [1.82, 2.24) is 15.1 Å². The lowest BCUT2D eigenvalue weighted by molar-refractivity contribution is 0.0598. The SMILES string of the molecule is COC(=O)c1c(C)nn2c1CNCC2. The van der Waals surface area contributed by atoms with Gasteiger partial charge in [-0.2, -0.15) is 5.10 Å². The van der Waals surface area contributed by atoms with E-state index >= 15 is 0 Å². The molecule has 0 atom stereocenters. The fraction of sp³-hybridized carbons (Fsp3) is 0.556. The van der Waals surface area contributed by atoms with E-state index in [1.54, 1.807) is 0 Å². The molecule has 0 fully saturated rings. The predicted molar refractivity (Wildman–Crippen MR) is 50.0 cm³/mol. The summed E-state index contributed by atoms with van der Waals surface area (Å²) in [7, 11) is 1.39. The van der Waals surface area contributed by atoms with Gasteiger partial charge in [0.05, 0.1) is 25.0 Å². The van der Waals surface area contributed by atoms with Gasteiger partial charge in [0, 0.05) is 13.1 Å². The zero-order valence-electron chi connectivity index (χ0n) is 8.33. The number of hydrogen-bond acceptors (Lipinski definition) is 4. The molecule has 0 saturated heterocycles. The van der Waals surface area contributed by atoms with Gasteiger partial charge in [0.15, 0.2) is 0 Å². The highest BCUT2D eigenvalue weighted by molar-refractivity contribution is 5.91. The van der Waals surface area contributed by atoms with Crippen LogP contribution in [0.15, 0.2) is 0 Å². The topological polar surface area (TPSA) is 56.1 Å². The number of nitrogens with one attached hydrogen (secondary N) is 1. The largest absolute Gasteiger partial charge is 0.465 e. The molecule has 2 heterocycles. The van der Waals surface area contributed by atoms with Crippen LogP contribution >= 0.6 is 0 Å². The highest BCUT2D eigenvalue weighted by atomic mass is 16.5. The van der Waals surface area contributed by atoms with Crippen LogP contribution in [0.1, 0.15) is 21.7 Å². The van der Waals surface area contributed by atoms with E-state index in [2.05, 4.69) is 10.4 Å². The molecular formula is C9H13N3O2. The summed E-state index contributed by atoms with van der Waals surface area (Å²) in [5.74, 6) is -0.299. The van der Waals surface area contributed by atoms with E-state index in [0.717, 1.165) is 24.5 Å². The molecule has 0 radical (unpaired) electrons. The maximum absolute atomic E-state index is 11.5. The van der Waals surface area contributed by atoms with Crippen molar-refractivity contribution in [2.24, 2.45) is 0 Å². The average Bonchev–Trinajstić information content (AvgIpc) is 2.53. The molecule has 1 aliphatic heterocycles. The van der Waals surface area contributed by atoms with E-state index in [9.17, 15) is 4.79 Å². The molecule has 0 spiro atoms. The fourth-order valence-corrected chi connectivity index (χ4v) is 1.75. The van der Waals surface area contributed by atoms with Crippen molar-refractivity contribution in [3.8, 4) is 0 Å². The Balaban J connectivity index is 2.47. The van der Waals surface area contributed by atoms with E-state index in [1.165, 1.54) is 7.11 Å². The second-order valence-electron chi connectivity index (χ2n) is 3.30. The predicted octanol–water partition coefficient (Wildman–Crippen LogP) is 0.0813. The number of aryl methyl sites for hydroxylation is 1. The molecule has 1 N–H and O–H groups in total. The minimum atomic E-state index is -0.299. The van der Waals surface area contributed by atoms with Gasteiger partial charge in [0.1, 0.15) is 5.56 Å². The molecule has 1 aromatic heterocycles. The smallest absolute Gasteiger partial charge is 0.341 e. The summed E-state index contributed by atoms with van der Waals surface area (Å²) in [6.07, 6.45) is 0. The lowest BCUT2D eigenvalue weighted by atomic mass is 10.1. The Bertz CT molecular complexity index is 370. The molecule has 76 valence electrons. The zero-order chi connectivity index (χ0) is 10.1. The molecule has 0 unspecified atom stereocenters. The monoisotopic (exact) mass is 195 g/mol. The first kappa shape index (κ1) is 9.21. The Morgan fingerprint density at radius 2 is 2.43 bits per heavy atom. The molecule has 5 nitrogen and oxygen atoms in total. The second kappa shape index (κ2) is 3.42. The van der Waals surface area contributed by atoms with E-state index in [-0.39, 0.29) is 5.97 Å². The number of carbonyl (C=O) groups is 1. The molecular weight excluding hydrogens is 182 g/mol. The molecule has 1 aliphatic rings. The molecule has 14 heavy (non-hydrogen) atoms. The quantitative estimate of drug-likeness (QED) is 0.645. The number of aromatic nitrogens is 2. The van der Waals surface area contributed by atoms with Gasteiger partial charge >= 0.3 is 5.97 Å². The zero-order valence-corrected chi connectivity index (χ0v) is 8.33. The summed E-state index contributed by atoms with van der Waals surface area (Å²) in [4.78, 5) is 11.5. The molecule has 0 aromatic carbocycles. The van der Waals surface area contributed by atoms with E-state index < -0.39 is 0 Å². The van der Waals surface area contributed by atoms with Crippen LogP contribution in [-0.2, 0) is 17.8 Å². The van der Waals surface area contributed by atoms with Crippen molar-refractivity contribution < 1.29 is 9.53 Å². The van der Waals surface area contributed by atoms with Crippen molar-refractivity contribution in [3.63, 3.8) is 0 Å². The lowest BCUT2D eigenvalue weighted by Gasteiger charge is -2.15. The maximum Gasteiger partial charge on any atom is 0.341 e. The first-order chi connectivity index (χ1) is 6.74. The summed E-state index contributed by atoms with van der Waals surface area (Å²) < 4.78 is 6.59. The number of esters is 1. The molecule has 2 rings (SSSR count). The van der Waals surface area contributed by atoms with Gasteiger partial charge in [-0.05, 0) is 6.92 Å². The Labute approximate surface area is 82.0 Å². The highest BCUT2D eigenvalue weighted by Gasteiger charge is 2.23. The summed E-state index contributed by atoms with van der Waals surface area (Å²) in [5, 5.41) is 7.50. The number of methoxy groups -OCH3 is 1. The van der Waals surface area contributed by atoms with E-state index in [0.29, 0.717) is 12.1 Å². The number of nitrogens with zero attached hydrogens (tertiary/aromatic N) is 2. The number of carbonyl (C=O) groups excluding carboxylic acids is 1. The van der Waals surface area contributed by atoms with Crippen molar-refractivity contribution in [3.05, 3.63) is 17.0 Å². The number of ether oxygens (including phenoxy) is 1. The Morgan fingerprint density at radius 1 is 1.64 bits per heavy atom. The van der Waals surface area contributed by atoms with Crippen LogP contribution in [0.4, 0.5) is 0 Å². The van der Waals surface area contributed by atoms with Gasteiger partial charge < -0.3 is 10.1 Å². The summed E-state index contributed by atoms with van der Waals surface area (Å²) >= 11 is 0. The lowest BCUT2D eigenvalue weighted by Crippen LogP contribution is -2.29. The second-order valence-corrected chi connectivity index (χ2v) is 3.30. The van der Waals surface area contributed by atoms with Crippen molar-refractivity contribution in [2.75, 3.05) is 13.7 Å². The van der Waals surface area contributed by atoms with Gasteiger partial charge in [-0.1, -0.05) is 0 Å². The first-order valence-corrected chi connectivity index (χ1v) is 4.59. The van der Waals surface area contributed by atoms with Crippen LogP contribution in [0.2, 0.25) is 0 Å².